The molecule has 0 saturated heterocycles. The molecule has 1 aliphatic rings. The molecule has 0 aliphatic carbocycles. The van der Waals surface area contributed by atoms with Crippen LogP contribution < -0.4 is 4.74 Å². The highest BCUT2D eigenvalue weighted by Gasteiger charge is 2.26. The lowest BCUT2D eigenvalue weighted by molar-refractivity contribution is 0.0781. The van der Waals surface area contributed by atoms with Gasteiger partial charge in [0.2, 0.25) is 0 Å². The zero-order valence-corrected chi connectivity index (χ0v) is 15.9. The summed E-state index contributed by atoms with van der Waals surface area (Å²) in [4.78, 5) is 18.4. The van der Waals surface area contributed by atoms with Gasteiger partial charge in [-0.2, -0.15) is 5.10 Å². The Morgan fingerprint density at radius 2 is 2.03 bits per heavy atom. The van der Waals surface area contributed by atoms with E-state index < -0.39 is 12.0 Å². The van der Waals surface area contributed by atoms with Crippen LogP contribution in [0.4, 0.5) is 8.78 Å². The van der Waals surface area contributed by atoms with E-state index in [0.29, 0.717) is 29.9 Å². The second-order valence-electron chi connectivity index (χ2n) is 6.82. The van der Waals surface area contributed by atoms with Crippen molar-refractivity contribution in [2.45, 2.75) is 12.6 Å². The van der Waals surface area contributed by atoms with Crippen LogP contribution in [0.15, 0.2) is 42.7 Å². The van der Waals surface area contributed by atoms with Gasteiger partial charge in [-0.15, -0.1) is 5.10 Å². The highest BCUT2D eigenvalue weighted by molar-refractivity contribution is 5.98. The van der Waals surface area contributed by atoms with Crippen molar-refractivity contribution in [2.24, 2.45) is 0 Å². The first-order chi connectivity index (χ1) is 14.0. The number of halogens is 2. The maximum Gasteiger partial charge on any atom is 0.254 e. The Bertz CT molecular complexity index is 1090. The molecule has 0 radical (unpaired) electrons. The zero-order chi connectivity index (χ0) is 20.5. The van der Waals surface area contributed by atoms with Crippen LogP contribution in [0.2, 0.25) is 0 Å². The van der Waals surface area contributed by atoms with Gasteiger partial charge in [-0.05, 0) is 41.8 Å². The molecule has 0 spiro atoms. The highest BCUT2D eigenvalue weighted by Crippen LogP contribution is 2.32. The van der Waals surface area contributed by atoms with Gasteiger partial charge in [-0.25, -0.2) is 8.78 Å². The zero-order valence-electron chi connectivity index (χ0n) is 15.9. The molecule has 6 nitrogen and oxygen atoms in total. The smallest absolute Gasteiger partial charge is 0.254 e. The molecule has 0 N–H and O–H groups in total. The molecule has 3 aromatic rings. The number of amides is 1. The van der Waals surface area contributed by atoms with Gasteiger partial charge in [-0.1, -0.05) is 0 Å². The number of carbonyl (C=O) groups excluding carboxylic acids is 1. The number of aromatic nitrogens is 3. The number of ether oxygens (including phenoxy) is 1. The molecular weight excluding hydrogens is 378 g/mol. The number of pyridine rings is 1. The third kappa shape index (κ3) is 3.53. The molecular formula is C21H18F2N4O2. The van der Waals surface area contributed by atoms with Gasteiger partial charge in [0.1, 0.15) is 17.3 Å². The number of likely N-dealkylation sites (N-methyl/N-ethyl adjacent to an activating group) is 1. The molecule has 8 heteroatoms. The summed E-state index contributed by atoms with van der Waals surface area (Å²) in [5.74, 6) is -0.453. The van der Waals surface area contributed by atoms with Crippen molar-refractivity contribution in [2.75, 3.05) is 20.7 Å². The Morgan fingerprint density at radius 1 is 1.21 bits per heavy atom. The van der Waals surface area contributed by atoms with E-state index in [2.05, 4.69) is 15.2 Å². The average Bonchev–Trinajstić information content (AvgIpc) is 2.75. The predicted octanol–water partition coefficient (Wildman–Crippen LogP) is 3.37. The third-order valence-corrected chi connectivity index (χ3v) is 4.96. The number of hydrogen-bond donors (Lipinski definition) is 0. The van der Waals surface area contributed by atoms with E-state index in [1.54, 1.807) is 18.0 Å². The lowest BCUT2D eigenvalue weighted by Gasteiger charge is -2.25. The van der Waals surface area contributed by atoms with E-state index in [0.717, 1.165) is 11.6 Å². The van der Waals surface area contributed by atoms with Gasteiger partial charge in [-0.3, -0.25) is 9.78 Å². The van der Waals surface area contributed by atoms with Crippen molar-refractivity contribution in [3.05, 3.63) is 70.8 Å². The number of alkyl halides is 1. The molecule has 1 aliphatic heterocycles. The molecule has 29 heavy (non-hydrogen) atoms. The maximum atomic E-state index is 15.1. The van der Waals surface area contributed by atoms with Crippen LogP contribution >= 0.6 is 0 Å². The van der Waals surface area contributed by atoms with Crippen molar-refractivity contribution in [3.63, 3.8) is 0 Å². The minimum Gasteiger partial charge on any atom is -0.497 e. The molecule has 1 aromatic carbocycles. The van der Waals surface area contributed by atoms with Gasteiger partial charge in [0.05, 0.1) is 19.0 Å². The molecule has 3 heterocycles. The number of benzene rings is 1. The van der Waals surface area contributed by atoms with Crippen LogP contribution in [0.3, 0.4) is 0 Å². The van der Waals surface area contributed by atoms with Crippen LogP contribution in [-0.2, 0) is 6.42 Å². The normalized spacial score (nSPS) is 14.5. The Balaban J connectivity index is 1.74. The van der Waals surface area contributed by atoms with Crippen LogP contribution in [0.5, 0.6) is 5.75 Å². The molecule has 1 atom stereocenters. The van der Waals surface area contributed by atoms with Crippen LogP contribution in [0, 0.1) is 5.82 Å². The summed E-state index contributed by atoms with van der Waals surface area (Å²) in [6, 6.07) is 6.93. The number of rotatable bonds is 4. The summed E-state index contributed by atoms with van der Waals surface area (Å²) in [5, 5.41) is 7.99. The summed E-state index contributed by atoms with van der Waals surface area (Å²) in [6.07, 6.45) is 1.82. The Labute approximate surface area is 166 Å². The lowest BCUT2D eigenvalue weighted by Crippen LogP contribution is -2.34. The molecule has 0 bridgehead atoms. The number of carbonyl (C=O) groups is 1. The molecule has 148 valence electrons. The summed E-state index contributed by atoms with van der Waals surface area (Å²) in [6.45, 7) is 0.562. The molecule has 2 aromatic heterocycles. The van der Waals surface area contributed by atoms with Crippen LogP contribution in [-0.4, -0.2) is 46.7 Å². The van der Waals surface area contributed by atoms with E-state index in [1.165, 1.54) is 37.7 Å². The van der Waals surface area contributed by atoms with Gasteiger partial charge < -0.3 is 9.64 Å². The standard InChI is InChI=1S/C21H18F2N4O2/c1-27-6-4-16-17(21(27)28)3-5-24-20(16)18-9-13(11-25-26-18)19(23)12-7-14(22)10-15(8-12)29-2/h3,5,7-11,19H,4,6H2,1-2H3/t19-/m1/s1. The van der Waals surface area contributed by atoms with E-state index in [1.807, 2.05) is 0 Å². The number of methoxy groups -OCH3 is 1. The second-order valence-corrected chi connectivity index (χ2v) is 6.82. The van der Waals surface area contributed by atoms with Crippen LogP contribution in [0.1, 0.15) is 33.2 Å². The lowest BCUT2D eigenvalue weighted by atomic mass is 9.96. The van der Waals surface area contributed by atoms with Crippen molar-refractivity contribution in [3.8, 4) is 17.1 Å². The predicted molar refractivity (Wildman–Crippen MR) is 102 cm³/mol. The average molecular weight is 396 g/mol. The fourth-order valence-electron chi connectivity index (χ4n) is 3.43. The molecule has 4 rings (SSSR count). The quantitative estimate of drug-likeness (QED) is 0.676. The third-order valence-electron chi connectivity index (χ3n) is 4.96. The fraction of sp³-hybridized carbons (Fsp3) is 0.238. The van der Waals surface area contributed by atoms with Crippen molar-refractivity contribution < 1.29 is 18.3 Å². The van der Waals surface area contributed by atoms with E-state index >= 15 is 4.39 Å². The summed E-state index contributed by atoms with van der Waals surface area (Å²) < 4.78 is 33.9. The summed E-state index contributed by atoms with van der Waals surface area (Å²) in [5.41, 5.74) is 2.51. The SMILES string of the molecule is COc1cc(F)cc([C@@H](F)c2cnnc(-c3nccc4c3CCN(C)C4=O)c2)c1. The summed E-state index contributed by atoms with van der Waals surface area (Å²) >= 11 is 0. The largest absolute Gasteiger partial charge is 0.497 e. The first-order valence-corrected chi connectivity index (χ1v) is 9.03. The minimum absolute atomic E-state index is 0.0887. The first-order valence-electron chi connectivity index (χ1n) is 9.03. The molecule has 0 saturated carbocycles. The Kier molecular flexibility index (Phi) is 4.92. The maximum absolute atomic E-state index is 15.1. The molecule has 1 amide bonds. The van der Waals surface area contributed by atoms with Crippen molar-refractivity contribution >= 4 is 5.91 Å². The highest BCUT2D eigenvalue weighted by atomic mass is 19.1. The van der Waals surface area contributed by atoms with Gasteiger partial charge in [0.25, 0.3) is 5.91 Å². The van der Waals surface area contributed by atoms with Gasteiger partial charge >= 0.3 is 0 Å². The van der Waals surface area contributed by atoms with Crippen LogP contribution in [0.25, 0.3) is 11.4 Å². The van der Waals surface area contributed by atoms with Gasteiger partial charge in [0, 0.05) is 37.0 Å². The van der Waals surface area contributed by atoms with Gasteiger partial charge in [0.15, 0.2) is 6.17 Å². The Morgan fingerprint density at radius 3 is 2.83 bits per heavy atom. The minimum atomic E-state index is -1.62. The topological polar surface area (TPSA) is 68.2 Å². The number of hydrogen-bond acceptors (Lipinski definition) is 5. The second kappa shape index (κ2) is 7.54. The first kappa shape index (κ1) is 18.9. The summed E-state index contributed by atoms with van der Waals surface area (Å²) in [7, 11) is 3.13. The molecule has 0 fully saturated rings. The van der Waals surface area contributed by atoms with Crippen molar-refractivity contribution in [1.29, 1.82) is 0 Å². The monoisotopic (exact) mass is 396 g/mol. The van der Waals surface area contributed by atoms with Crippen molar-refractivity contribution in [1.82, 2.24) is 20.1 Å². The Hall–Kier alpha value is -3.42. The van der Waals surface area contributed by atoms with E-state index in [9.17, 15) is 9.18 Å². The van der Waals surface area contributed by atoms with E-state index in [4.69, 9.17) is 4.74 Å². The number of fused-ring (bicyclic) bond motifs is 1. The number of nitrogens with zero attached hydrogens (tertiary/aromatic N) is 4. The fourth-order valence-corrected chi connectivity index (χ4v) is 3.43. The molecule has 0 unspecified atom stereocenters. The van der Waals surface area contributed by atoms with E-state index in [-0.39, 0.29) is 22.8 Å².